The van der Waals surface area contributed by atoms with Crippen LogP contribution >= 0.6 is 15.9 Å². The molecule has 3 rings (SSSR count). The van der Waals surface area contributed by atoms with Gasteiger partial charge in [0.25, 0.3) is 11.8 Å². The van der Waals surface area contributed by atoms with Crippen molar-refractivity contribution in [1.29, 1.82) is 0 Å². The fraction of sp³-hybridized carbons (Fsp3) is 0.154. The van der Waals surface area contributed by atoms with Gasteiger partial charge in [-0.05, 0) is 23.8 Å². The molecule has 0 saturated carbocycles. The van der Waals surface area contributed by atoms with Crippen molar-refractivity contribution in [3.05, 3.63) is 27.7 Å². The Balaban J connectivity index is 2.03. The maximum atomic E-state index is 12.0. The quantitative estimate of drug-likeness (QED) is 0.607. The molecule has 0 aromatic heterocycles. The molecule has 8 heteroatoms. The molecule has 2 aliphatic rings. The predicted molar refractivity (Wildman–Crippen MR) is 74.6 cm³/mol. The number of urea groups is 1. The van der Waals surface area contributed by atoms with Gasteiger partial charge in [-0.25, -0.2) is 4.79 Å². The van der Waals surface area contributed by atoms with Gasteiger partial charge in [-0.2, -0.15) is 0 Å². The van der Waals surface area contributed by atoms with Gasteiger partial charge in [0.05, 0.1) is 0 Å². The van der Waals surface area contributed by atoms with Gasteiger partial charge in [-0.1, -0.05) is 15.9 Å². The molecule has 0 spiro atoms. The van der Waals surface area contributed by atoms with Crippen LogP contribution in [-0.2, 0) is 9.59 Å². The summed E-state index contributed by atoms with van der Waals surface area (Å²) in [5.74, 6) is -0.283. The van der Waals surface area contributed by atoms with E-state index in [1.54, 1.807) is 12.1 Å². The lowest BCUT2D eigenvalue weighted by Crippen LogP contribution is -2.52. The molecule has 4 amide bonds. The number of ether oxygens (including phenoxy) is 2. The maximum absolute atomic E-state index is 12.0. The second-order valence-corrected chi connectivity index (χ2v) is 5.26. The highest BCUT2D eigenvalue weighted by Gasteiger charge is 2.33. The van der Waals surface area contributed by atoms with Gasteiger partial charge >= 0.3 is 6.03 Å². The third kappa shape index (κ3) is 2.27. The van der Waals surface area contributed by atoms with Gasteiger partial charge in [0.15, 0.2) is 11.5 Å². The van der Waals surface area contributed by atoms with Crippen molar-refractivity contribution >= 4 is 39.9 Å². The number of rotatable bonds is 1. The Hall–Kier alpha value is -2.35. The van der Waals surface area contributed by atoms with Crippen LogP contribution in [0.2, 0.25) is 0 Å². The lowest BCUT2D eigenvalue weighted by molar-refractivity contribution is -0.129. The molecule has 2 heterocycles. The van der Waals surface area contributed by atoms with E-state index in [1.165, 1.54) is 13.1 Å². The van der Waals surface area contributed by atoms with E-state index in [9.17, 15) is 14.4 Å². The molecule has 108 valence electrons. The van der Waals surface area contributed by atoms with Crippen LogP contribution in [0.1, 0.15) is 5.56 Å². The zero-order valence-electron chi connectivity index (χ0n) is 10.8. The number of benzene rings is 1. The monoisotopic (exact) mass is 352 g/mol. The number of nitrogens with zero attached hydrogens (tertiary/aromatic N) is 1. The molecule has 0 unspecified atom stereocenters. The number of fused-ring (bicyclic) bond motifs is 1. The topological polar surface area (TPSA) is 84.9 Å². The molecule has 7 nitrogen and oxygen atoms in total. The molecule has 1 N–H and O–H groups in total. The van der Waals surface area contributed by atoms with E-state index in [-0.39, 0.29) is 12.4 Å². The lowest BCUT2D eigenvalue weighted by Gasteiger charge is -2.22. The number of amides is 4. The summed E-state index contributed by atoms with van der Waals surface area (Å²) in [6, 6.07) is 2.59. The molecule has 1 aromatic carbocycles. The molecule has 1 saturated heterocycles. The number of carbonyl (C=O) groups is 3. The molecule has 0 bridgehead atoms. The predicted octanol–water partition coefficient (Wildman–Crippen LogP) is 1.27. The smallest absolute Gasteiger partial charge is 0.331 e. The van der Waals surface area contributed by atoms with E-state index in [0.29, 0.717) is 21.5 Å². The number of halogens is 1. The standard InChI is InChI=1S/C13H9BrN2O5/c1-16-12(18)7(11(17)15-13(16)19)2-6-3-9-10(4-8(6)14)21-5-20-9/h2-4H,5H2,1H3,(H,15,17,19)/b7-2-. The minimum absolute atomic E-state index is 0.123. The van der Waals surface area contributed by atoms with Crippen LogP contribution in [0.15, 0.2) is 22.2 Å². The number of hydrogen-bond donors (Lipinski definition) is 1. The third-order valence-corrected chi connectivity index (χ3v) is 3.78. The number of hydrogen-bond acceptors (Lipinski definition) is 5. The summed E-state index contributed by atoms with van der Waals surface area (Å²) in [4.78, 5) is 36.0. The average Bonchev–Trinajstić information content (AvgIpc) is 2.88. The van der Waals surface area contributed by atoms with E-state index in [1.807, 2.05) is 0 Å². The summed E-state index contributed by atoms with van der Waals surface area (Å²) in [7, 11) is 1.30. The van der Waals surface area contributed by atoms with Gasteiger partial charge in [0.1, 0.15) is 5.57 Å². The van der Waals surface area contributed by atoms with Crippen LogP contribution in [0.4, 0.5) is 4.79 Å². The van der Waals surface area contributed by atoms with Crippen LogP contribution in [0.3, 0.4) is 0 Å². The SMILES string of the molecule is CN1C(=O)NC(=O)/C(=C/c2cc3c(cc2Br)OCO3)C1=O. The highest BCUT2D eigenvalue weighted by molar-refractivity contribution is 9.10. The van der Waals surface area contributed by atoms with Crippen molar-refractivity contribution in [3.63, 3.8) is 0 Å². The minimum atomic E-state index is -0.744. The van der Waals surface area contributed by atoms with Crippen molar-refractivity contribution in [2.24, 2.45) is 0 Å². The van der Waals surface area contributed by atoms with Gasteiger partial charge in [-0.3, -0.25) is 19.8 Å². The Labute approximate surface area is 127 Å². The first-order valence-corrected chi connectivity index (χ1v) is 6.71. The molecule has 1 aromatic rings. The van der Waals surface area contributed by atoms with Crippen molar-refractivity contribution in [2.75, 3.05) is 13.8 Å². The molecular weight excluding hydrogens is 344 g/mol. The third-order valence-electron chi connectivity index (χ3n) is 3.10. The van der Waals surface area contributed by atoms with Crippen molar-refractivity contribution in [1.82, 2.24) is 10.2 Å². The van der Waals surface area contributed by atoms with Gasteiger partial charge in [0.2, 0.25) is 6.79 Å². The Kier molecular flexibility index (Phi) is 3.17. The molecule has 1 fully saturated rings. The molecule has 0 atom stereocenters. The zero-order valence-corrected chi connectivity index (χ0v) is 12.4. The van der Waals surface area contributed by atoms with Gasteiger partial charge < -0.3 is 9.47 Å². The second-order valence-electron chi connectivity index (χ2n) is 4.41. The average molecular weight is 353 g/mol. The van der Waals surface area contributed by atoms with E-state index < -0.39 is 17.8 Å². The lowest BCUT2D eigenvalue weighted by atomic mass is 10.1. The first-order valence-electron chi connectivity index (χ1n) is 5.91. The van der Waals surface area contributed by atoms with Crippen molar-refractivity contribution in [3.8, 4) is 11.5 Å². The summed E-state index contributed by atoms with van der Waals surface area (Å²) in [5.41, 5.74) is 0.442. The summed E-state index contributed by atoms with van der Waals surface area (Å²) in [5, 5.41) is 2.09. The fourth-order valence-electron chi connectivity index (χ4n) is 1.94. The number of imide groups is 2. The maximum Gasteiger partial charge on any atom is 0.331 e. The summed E-state index contributed by atoms with van der Waals surface area (Å²) in [6.07, 6.45) is 1.40. The van der Waals surface area contributed by atoms with Crippen LogP contribution in [0.5, 0.6) is 11.5 Å². The van der Waals surface area contributed by atoms with Crippen molar-refractivity contribution < 1.29 is 23.9 Å². The van der Waals surface area contributed by atoms with E-state index in [4.69, 9.17) is 9.47 Å². The van der Waals surface area contributed by atoms with Crippen LogP contribution < -0.4 is 14.8 Å². The zero-order chi connectivity index (χ0) is 15.1. The summed E-state index contributed by atoms with van der Waals surface area (Å²) < 4.78 is 11.1. The Morgan fingerprint density at radius 2 is 1.90 bits per heavy atom. The van der Waals surface area contributed by atoms with Crippen LogP contribution in [0.25, 0.3) is 6.08 Å². The van der Waals surface area contributed by atoms with E-state index in [0.717, 1.165) is 4.90 Å². The first kappa shape index (κ1) is 13.6. The van der Waals surface area contributed by atoms with Crippen molar-refractivity contribution in [2.45, 2.75) is 0 Å². The Morgan fingerprint density at radius 3 is 2.62 bits per heavy atom. The molecule has 0 radical (unpaired) electrons. The summed E-state index contributed by atoms with van der Waals surface area (Å²) >= 11 is 3.34. The Bertz CT molecular complexity index is 713. The van der Waals surface area contributed by atoms with Crippen LogP contribution in [-0.4, -0.2) is 36.6 Å². The summed E-state index contributed by atoms with van der Waals surface area (Å²) in [6.45, 7) is 0.123. The Morgan fingerprint density at radius 1 is 1.24 bits per heavy atom. The van der Waals surface area contributed by atoms with E-state index >= 15 is 0 Å². The van der Waals surface area contributed by atoms with Gasteiger partial charge in [-0.15, -0.1) is 0 Å². The number of barbiturate groups is 1. The normalized spacial score (nSPS) is 19.2. The minimum Gasteiger partial charge on any atom is -0.454 e. The molecule has 0 aliphatic carbocycles. The van der Waals surface area contributed by atoms with Gasteiger partial charge in [0, 0.05) is 11.5 Å². The van der Waals surface area contributed by atoms with Crippen LogP contribution in [0, 0.1) is 0 Å². The highest BCUT2D eigenvalue weighted by Crippen LogP contribution is 2.37. The fourth-order valence-corrected chi connectivity index (χ4v) is 2.38. The first-order chi connectivity index (χ1) is 9.97. The second kappa shape index (κ2) is 4.88. The largest absolute Gasteiger partial charge is 0.454 e. The molecule has 21 heavy (non-hydrogen) atoms. The number of nitrogens with one attached hydrogen (secondary N) is 1. The highest BCUT2D eigenvalue weighted by atomic mass is 79.9. The van der Waals surface area contributed by atoms with E-state index in [2.05, 4.69) is 21.2 Å². The number of carbonyl (C=O) groups excluding carboxylic acids is 3. The molecule has 2 aliphatic heterocycles. The molecular formula is C13H9BrN2O5. The number of likely N-dealkylation sites (N-methyl/N-ethyl adjacent to an activating group) is 1.